The first-order chi connectivity index (χ1) is 13.6. The molecule has 1 saturated carbocycles. The maximum absolute atomic E-state index is 13.1. The Bertz CT molecular complexity index is 948. The summed E-state index contributed by atoms with van der Waals surface area (Å²) in [6.45, 7) is 2.02. The second-order valence-electron chi connectivity index (χ2n) is 7.55. The first kappa shape index (κ1) is 18.4. The molecule has 3 N–H and O–H groups in total. The molecule has 6 heteroatoms. The molecule has 1 atom stereocenters. The lowest BCUT2D eigenvalue weighted by Crippen LogP contribution is -2.48. The van der Waals surface area contributed by atoms with Crippen LogP contribution in [0.3, 0.4) is 0 Å². The van der Waals surface area contributed by atoms with Crippen molar-refractivity contribution in [3.8, 4) is 11.3 Å². The zero-order valence-electron chi connectivity index (χ0n) is 15.8. The van der Waals surface area contributed by atoms with Crippen molar-refractivity contribution in [2.24, 2.45) is 5.92 Å². The monoisotopic (exact) mass is 376 g/mol. The zero-order valence-corrected chi connectivity index (χ0v) is 15.8. The lowest BCUT2D eigenvalue weighted by Gasteiger charge is -2.38. The number of amides is 1. The molecule has 1 aliphatic carbocycles. The lowest BCUT2D eigenvalue weighted by molar-refractivity contribution is 0.0239. The Kier molecular flexibility index (Phi) is 5.21. The molecule has 2 heterocycles. The summed E-state index contributed by atoms with van der Waals surface area (Å²) >= 11 is 0. The highest BCUT2D eigenvalue weighted by Gasteiger charge is 2.35. The summed E-state index contributed by atoms with van der Waals surface area (Å²) < 4.78 is 0. The molecule has 0 spiro atoms. The second kappa shape index (κ2) is 7.94. The van der Waals surface area contributed by atoms with Gasteiger partial charge in [-0.05, 0) is 55.9 Å². The standard InChI is InChI=1S/C22H24N4O2/c1-14-3-2-4-16(9-14)21-19(13-24-26-21)22(28)25-20(17-11-18(27)12-17)10-15-5-7-23-8-6-15/h2-9,13,17-18,20,27H,10-12H2,1H3,(H,24,26)(H,25,28). The van der Waals surface area contributed by atoms with E-state index in [9.17, 15) is 9.90 Å². The number of nitrogens with one attached hydrogen (secondary N) is 2. The van der Waals surface area contributed by atoms with Gasteiger partial charge in [-0.2, -0.15) is 5.10 Å². The minimum absolute atomic E-state index is 0.0430. The van der Waals surface area contributed by atoms with E-state index in [1.807, 2.05) is 43.3 Å². The number of aliphatic hydroxyl groups excluding tert-OH is 1. The van der Waals surface area contributed by atoms with Crippen LogP contribution in [0.4, 0.5) is 0 Å². The van der Waals surface area contributed by atoms with Crippen LogP contribution in [-0.4, -0.2) is 38.3 Å². The van der Waals surface area contributed by atoms with E-state index in [-0.39, 0.29) is 24.0 Å². The molecule has 4 rings (SSSR count). The van der Waals surface area contributed by atoms with E-state index in [1.54, 1.807) is 18.6 Å². The fourth-order valence-electron chi connectivity index (χ4n) is 3.79. The molecule has 3 aromatic rings. The van der Waals surface area contributed by atoms with Crippen LogP contribution >= 0.6 is 0 Å². The van der Waals surface area contributed by atoms with E-state index in [4.69, 9.17) is 0 Å². The fraction of sp³-hybridized carbons (Fsp3) is 0.318. The largest absolute Gasteiger partial charge is 0.393 e. The van der Waals surface area contributed by atoms with Gasteiger partial charge in [0, 0.05) is 24.0 Å². The summed E-state index contributed by atoms with van der Waals surface area (Å²) in [4.78, 5) is 17.1. The summed E-state index contributed by atoms with van der Waals surface area (Å²) in [6.07, 6.45) is 6.97. The van der Waals surface area contributed by atoms with Gasteiger partial charge in [0.1, 0.15) is 0 Å². The van der Waals surface area contributed by atoms with Crippen LogP contribution < -0.4 is 5.32 Å². The van der Waals surface area contributed by atoms with Gasteiger partial charge >= 0.3 is 0 Å². The number of pyridine rings is 1. The van der Waals surface area contributed by atoms with Crippen molar-refractivity contribution in [2.45, 2.75) is 38.3 Å². The second-order valence-corrected chi connectivity index (χ2v) is 7.55. The smallest absolute Gasteiger partial charge is 0.255 e. The third-order valence-electron chi connectivity index (χ3n) is 5.43. The topological polar surface area (TPSA) is 90.9 Å². The van der Waals surface area contributed by atoms with Crippen LogP contribution in [0, 0.1) is 12.8 Å². The Morgan fingerprint density at radius 3 is 2.79 bits per heavy atom. The zero-order chi connectivity index (χ0) is 19.5. The average Bonchev–Trinajstić information content (AvgIpc) is 3.16. The van der Waals surface area contributed by atoms with Crippen molar-refractivity contribution in [2.75, 3.05) is 0 Å². The summed E-state index contributed by atoms with van der Waals surface area (Å²) in [5, 5.41) is 20.0. The van der Waals surface area contributed by atoms with Crippen LogP contribution in [0.2, 0.25) is 0 Å². The van der Waals surface area contributed by atoms with Gasteiger partial charge in [-0.15, -0.1) is 0 Å². The predicted octanol–water partition coefficient (Wildman–Crippen LogP) is 2.89. The van der Waals surface area contributed by atoms with E-state index in [0.29, 0.717) is 24.8 Å². The van der Waals surface area contributed by atoms with Crippen molar-refractivity contribution >= 4 is 5.91 Å². The normalized spacial score (nSPS) is 19.6. The molecule has 1 amide bonds. The third kappa shape index (κ3) is 3.97. The van der Waals surface area contributed by atoms with E-state index in [2.05, 4.69) is 20.5 Å². The molecule has 0 bridgehead atoms. The van der Waals surface area contributed by atoms with Crippen LogP contribution in [-0.2, 0) is 6.42 Å². The van der Waals surface area contributed by atoms with Crippen molar-refractivity contribution in [1.82, 2.24) is 20.5 Å². The van der Waals surface area contributed by atoms with Crippen molar-refractivity contribution in [3.05, 3.63) is 71.7 Å². The number of hydrogen-bond donors (Lipinski definition) is 3. The molecular formula is C22H24N4O2. The van der Waals surface area contributed by atoms with E-state index >= 15 is 0 Å². The molecule has 0 saturated heterocycles. The number of aryl methyl sites for hydroxylation is 1. The minimum Gasteiger partial charge on any atom is -0.393 e. The predicted molar refractivity (Wildman–Crippen MR) is 107 cm³/mol. The molecule has 1 unspecified atom stereocenters. The van der Waals surface area contributed by atoms with Gasteiger partial charge in [-0.1, -0.05) is 23.8 Å². The Balaban J connectivity index is 1.54. The number of nitrogens with zero attached hydrogens (tertiary/aromatic N) is 2. The molecule has 28 heavy (non-hydrogen) atoms. The van der Waals surface area contributed by atoms with Crippen LogP contribution in [0.1, 0.15) is 34.3 Å². The number of carbonyl (C=O) groups is 1. The van der Waals surface area contributed by atoms with Crippen LogP contribution in [0.15, 0.2) is 55.0 Å². The van der Waals surface area contributed by atoms with E-state index in [1.165, 1.54) is 0 Å². The molecule has 0 aliphatic heterocycles. The van der Waals surface area contributed by atoms with E-state index < -0.39 is 0 Å². The van der Waals surface area contributed by atoms with E-state index in [0.717, 1.165) is 22.4 Å². The number of carbonyl (C=O) groups excluding carboxylic acids is 1. The maximum Gasteiger partial charge on any atom is 0.255 e. The summed E-state index contributed by atoms with van der Waals surface area (Å²) in [6, 6.07) is 11.9. The molecule has 144 valence electrons. The van der Waals surface area contributed by atoms with Crippen molar-refractivity contribution in [3.63, 3.8) is 0 Å². The van der Waals surface area contributed by atoms with Crippen LogP contribution in [0.5, 0.6) is 0 Å². The number of rotatable bonds is 6. The lowest BCUT2D eigenvalue weighted by atomic mass is 9.75. The number of aliphatic hydroxyl groups is 1. The SMILES string of the molecule is Cc1cccc(-c2[nH]ncc2C(=O)NC(Cc2ccncc2)C2CC(O)C2)c1. The molecule has 1 fully saturated rings. The van der Waals surface area contributed by atoms with Crippen molar-refractivity contribution in [1.29, 1.82) is 0 Å². The Morgan fingerprint density at radius 2 is 2.07 bits per heavy atom. The van der Waals surface area contributed by atoms with Gasteiger partial charge in [-0.25, -0.2) is 0 Å². The number of aromatic amines is 1. The molecular weight excluding hydrogens is 352 g/mol. The number of benzene rings is 1. The first-order valence-electron chi connectivity index (χ1n) is 9.58. The van der Waals surface area contributed by atoms with Crippen LogP contribution in [0.25, 0.3) is 11.3 Å². The van der Waals surface area contributed by atoms with Gasteiger partial charge in [-0.3, -0.25) is 14.9 Å². The van der Waals surface area contributed by atoms with Gasteiger partial charge in [0.05, 0.1) is 23.6 Å². The Morgan fingerprint density at radius 1 is 1.29 bits per heavy atom. The summed E-state index contributed by atoms with van der Waals surface area (Å²) in [5.74, 6) is 0.118. The Hall–Kier alpha value is -2.99. The third-order valence-corrected chi connectivity index (χ3v) is 5.43. The maximum atomic E-state index is 13.1. The molecule has 2 aromatic heterocycles. The highest BCUT2D eigenvalue weighted by molar-refractivity contribution is 6.00. The first-order valence-corrected chi connectivity index (χ1v) is 9.58. The quantitative estimate of drug-likeness (QED) is 0.617. The minimum atomic E-state index is -0.265. The number of aromatic nitrogens is 3. The number of hydrogen-bond acceptors (Lipinski definition) is 4. The fourth-order valence-corrected chi connectivity index (χ4v) is 3.79. The van der Waals surface area contributed by atoms with Gasteiger partial charge in [0.2, 0.25) is 0 Å². The highest BCUT2D eigenvalue weighted by Crippen LogP contribution is 2.32. The van der Waals surface area contributed by atoms with Crippen molar-refractivity contribution < 1.29 is 9.90 Å². The van der Waals surface area contributed by atoms with Gasteiger partial charge < -0.3 is 10.4 Å². The Labute approximate surface area is 164 Å². The molecule has 1 aliphatic rings. The number of H-pyrrole nitrogens is 1. The molecule has 1 aromatic carbocycles. The summed E-state index contributed by atoms with van der Waals surface area (Å²) in [5.41, 5.74) is 4.43. The summed E-state index contributed by atoms with van der Waals surface area (Å²) in [7, 11) is 0. The van der Waals surface area contributed by atoms with Gasteiger partial charge in [0.25, 0.3) is 5.91 Å². The van der Waals surface area contributed by atoms with Gasteiger partial charge in [0.15, 0.2) is 0 Å². The molecule has 6 nitrogen and oxygen atoms in total. The molecule has 0 radical (unpaired) electrons. The highest BCUT2D eigenvalue weighted by atomic mass is 16.3. The average molecular weight is 376 g/mol.